The van der Waals surface area contributed by atoms with E-state index in [-0.39, 0.29) is 5.91 Å². The van der Waals surface area contributed by atoms with Crippen LogP contribution in [0.3, 0.4) is 0 Å². The molecule has 4 nitrogen and oxygen atoms in total. The van der Waals surface area contributed by atoms with Crippen LogP contribution in [0.2, 0.25) is 0 Å². The fourth-order valence-corrected chi connectivity index (χ4v) is 2.42. The van der Waals surface area contributed by atoms with Gasteiger partial charge in [-0.05, 0) is 24.6 Å². The van der Waals surface area contributed by atoms with Crippen molar-refractivity contribution in [3.8, 4) is 10.4 Å². The van der Waals surface area contributed by atoms with Crippen molar-refractivity contribution in [1.29, 1.82) is 0 Å². The molecule has 0 radical (unpaired) electrons. The van der Waals surface area contributed by atoms with E-state index in [0.29, 0.717) is 5.56 Å². The van der Waals surface area contributed by atoms with Crippen molar-refractivity contribution in [3.63, 3.8) is 0 Å². The third kappa shape index (κ3) is 2.42. The average molecular weight is 262 g/mol. The maximum atomic E-state index is 11.8. The molecule has 0 N–H and O–H groups in total. The molecule has 0 bridgehead atoms. The molecule has 0 aliphatic rings. The Hall–Kier alpha value is -1.72. The van der Waals surface area contributed by atoms with Crippen LogP contribution < -0.4 is 0 Å². The predicted octanol–water partition coefficient (Wildman–Crippen LogP) is 2.75. The quantitative estimate of drug-likeness (QED) is 0.799. The molecule has 2 rings (SSSR count). The molecule has 1 aromatic heterocycles. The SMILES string of the molecule is CON(C)C(=O)c1ccc(-c2scnc2C)cc1. The monoisotopic (exact) mass is 262 g/mol. The second kappa shape index (κ2) is 5.29. The molecule has 0 saturated heterocycles. The van der Waals surface area contributed by atoms with E-state index in [1.54, 1.807) is 30.5 Å². The molecule has 0 fully saturated rings. The summed E-state index contributed by atoms with van der Waals surface area (Å²) in [6.07, 6.45) is 0. The van der Waals surface area contributed by atoms with Crippen LogP contribution in [0.4, 0.5) is 0 Å². The number of carbonyl (C=O) groups excluding carboxylic acids is 1. The van der Waals surface area contributed by atoms with Gasteiger partial charge < -0.3 is 0 Å². The highest BCUT2D eigenvalue weighted by molar-refractivity contribution is 7.13. The summed E-state index contributed by atoms with van der Waals surface area (Å²) in [4.78, 5) is 22.0. The first kappa shape index (κ1) is 12.7. The van der Waals surface area contributed by atoms with Gasteiger partial charge in [0.25, 0.3) is 5.91 Å². The van der Waals surface area contributed by atoms with Gasteiger partial charge in [0.1, 0.15) is 0 Å². The normalized spacial score (nSPS) is 10.4. The van der Waals surface area contributed by atoms with Gasteiger partial charge in [0.05, 0.1) is 23.2 Å². The van der Waals surface area contributed by atoms with Crippen molar-refractivity contribution in [1.82, 2.24) is 10.0 Å². The number of carbonyl (C=O) groups is 1. The zero-order valence-electron chi connectivity index (χ0n) is 10.5. The Labute approximate surface area is 110 Å². The third-order valence-corrected chi connectivity index (χ3v) is 3.68. The first-order chi connectivity index (χ1) is 8.63. The van der Waals surface area contributed by atoms with E-state index in [4.69, 9.17) is 4.84 Å². The second-order valence-corrected chi connectivity index (χ2v) is 4.68. The minimum absolute atomic E-state index is 0.162. The minimum atomic E-state index is -0.162. The number of aromatic nitrogens is 1. The van der Waals surface area contributed by atoms with Crippen LogP contribution in [-0.2, 0) is 4.84 Å². The van der Waals surface area contributed by atoms with Gasteiger partial charge in [-0.1, -0.05) is 12.1 Å². The molecule has 0 aliphatic carbocycles. The highest BCUT2D eigenvalue weighted by Gasteiger charge is 2.11. The van der Waals surface area contributed by atoms with Crippen molar-refractivity contribution in [2.75, 3.05) is 14.2 Å². The van der Waals surface area contributed by atoms with Crippen molar-refractivity contribution in [2.45, 2.75) is 6.92 Å². The lowest BCUT2D eigenvalue weighted by Gasteiger charge is -2.13. The van der Waals surface area contributed by atoms with Crippen molar-refractivity contribution < 1.29 is 9.63 Å². The zero-order valence-corrected chi connectivity index (χ0v) is 11.3. The van der Waals surface area contributed by atoms with Gasteiger partial charge >= 0.3 is 0 Å². The molecular weight excluding hydrogens is 248 g/mol. The van der Waals surface area contributed by atoms with Gasteiger partial charge in [-0.2, -0.15) is 0 Å². The maximum Gasteiger partial charge on any atom is 0.277 e. The summed E-state index contributed by atoms with van der Waals surface area (Å²) >= 11 is 1.60. The van der Waals surface area contributed by atoms with Gasteiger partial charge in [0.2, 0.25) is 0 Å². The van der Waals surface area contributed by atoms with Crippen molar-refractivity contribution >= 4 is 17.2 Å². The summed E-state index contributed by atoms with van der Waals surface area (Å²) in [6, 6.07) is 7.45. The Kier molecular flexibility index (Phi) is 3.74. The number of hydrogen-bond acceptors (Lipinski definition) is 4. The Morgan fingerprint density at radius 1 is 1.33 bits per heavy atom. The fourth-order valence-electron chi connectivity index (χ4n) is 1.61. The van der Waals surface area contributed by atoms with Crippen LogP contribution in [0.1, 0.15) is 16.1 Å². The molecule has 94 valence electrons. The number of nitrogens with zero attached hydrogens (tertiary/aromatic N) is 2. The minimum Gasteiger partial charge on any atom is -0.274 e. The molecule has 1 amide bonds. The van der Waals surface area contributed by atoms with Gasteiger partial charge in [-0.3, -0.25) is 9.63 Å². The first-order valence-corrected chi connectivity index (χ1v) is 6.34. The Morgan fingerprint density at radius 2 is 2.00 bits per heavy atom. The van der Waals surface area contributed by atoms with Gasteiger partial charge in [-0.25, -0.2) is 10.0 Å². The maximum absolute atomic E-state index is 11.8. The molecule has 0 aliphatic heterocycles. The van der Waals surface area contributed by atoms with Crippen LogP contribution in [0.5, 0.6) is 0 Å². The smallest absolute Gasteiger partial charge is 0.274 e. The zero-order chi connectivity index (χ0) is 13.1. The molecule has 0 saturated carbocycles. The Balaban J connectivity index is 2.26. The molecular formula is C13H14N2O2S. The van der Waals surface area contributed by atoms with E-state index in [2.05, 4.69) is 4.98 Å². The highest BCUT2D eigenvalue weighted by Crippen LogP contribution is 2.27. The third-order valence-electron chi connectivity index (χ3n) is 2.70. The molecule has 1 aromatic carbocycles. The van der Waals surface area contributed by atoms with Crippen molar-refractivity contribution in [2.24, 2.45) is 0 Å². The summed E-state index contributed by atoms with van der Waals surface area (Å²) < 4.78 is 0. The van der Waals surface area contributed by atoms with Crippen LogP contribution >= 0.6 is 11.3 Å². The van der Waals surface area contributed by atoms with E-state index >= 15 is 0 Å². The highest BCUT2D eigenvalue weighted by atomic mass is 32.1. The van der Waals surface area contributed by atoms with Crippen LogP contribution in [-0.4, -0.2) is 30.1 Å². The number of thiazole rings is 1. The van der Waals surface area contributed by atoms with Crippen LogP contribution in [0, 0.1) is 6.92 Å². The van der Waals surface area contributed by atoms with Crippen molar-refractivity contribution in [3.05, 3.63) is 41.0 Å². The average Bonchev–Trinajstić information content (AvgIpc) is 2.83. The lowest BCUT2D eigenvalue weighted by Crippen LogP contribution is -2.25. The number of rotatable bonds is 3. The first-order valence-electron chi connectivity index (χ1n) is 5.46. The molecule has 0 atom stereocenters. The van der Waals surface area contributed by atoms with E-state index in [9.17, 15) is 4.79 Å². The number of benzene rings is 1. The fraction of sp³-hybridized carbons (Fsp3) is 0.231. The Morgan fingerprint density at radius 3 is 2.50 bits per heavy atom. The van der Waals surface area contributed by atoms with E-state index in [1.165, 1.54) is 12.2 Å². The summed E-state index contributed by atoms with van der Waals surface area (Å²) in [5, 5.41) is 1.20. The van der Waals surface area contributed by atoms with E-state index < -0.39 is 0 Å². The number of hydroxylamine groups is 2. The second-order valence-electron chi connectivity index (χ2n) is 3.83. The number of aryl methyl sites for hydroxylation is 1. The molecule has 2 aromatic rings. The van der Waals surface area contributed by atoms with Gasteiger partial charge in [0.15, 0.2) is 0 Å². The number of amides is 1. The van der Waals surface area contributed by atoms with E-state index in [1.807, 2.05) is 24.6 Å². The standard InChI is InChI=1S/C13H14N2O2S/c1-9-12(18-8-14-9)10-4-6-11(7-5-10)13(16)15(2)17-3/h4-8H,1-3H3. The molecule has 18 heavy (non-hydrogen) atoms. The lowest BCUT2D eigenvalue weighted by atomic mass is 10.1. The van der Waals surface area contributed by atoms with E-state index in [0.717, 1.165) is 16.1 Å². The molecule has 0 unspecified atom stereocenters. The van der Waals surface area contributed by atoms with Gasteiger partial charge in [0, 0.05) is 12.6 Å². The largest absolute Gasteiger partial charge is 0.277 e. The topological polar surface area (TPSA) is 42.4 Å². The molecule has 1 heterocycles. The summed E-state index contributed by atoms with van der Waals surface area (Å²) in [5.74, 6) is -0.162. The van der Waals surface area contributed by atoms with Crippen LogP contribution in [0.25, 0.3) is 10.4 Å². The predicted molar refractivity (Wildman–Crippen MR) is 71.4 cm³/mol. The summed E-state index contributed by atoms with van der Waals surface area (Å²) in [7, 11) is 3.05. The summed E-state index contributed by atoms with van der Waals surface area (Å²) in [6.45, 7) is 1.98. The molecule has 5 heteroatoms. The lowest BCUT2D eigenvalue weighted by molar-refractivity contribution is -0.0756. The van der Waals surface area contributed by atoms with Crippen LogP contribution in [0.15, 0.2) is 29.8 Å². The van der Waals surface area contributed by atoms with Gasteiger partial charge in [-0.15, -0.1) is 11.3 Å². The molecule has 0 spiro atoms. The Bertz CT molecular complexity index is 548. The summed E-state index contributed by atoms with van der Waals surface area (Å²) in [5.41, 5.74) is 4.51. The number of hydrogen-bond donors (Lipinski definition) is 0.